The van der Waals surface area contributed by atoms with Crippen molar-refractivity contribution in [2.24, 2.45) is 0 Å². The summed E-state index contributed by atoms with van der Waals surface area (Å²) in [6.45, 7) is 1.31. The summed E-state index contributed by atoms with van der Waals surface area (Å²) in [7, 11) is 2.80. The molecule has 41 valence electrons. The predicted octanol–water partition coefficient (Wildman–Crippen LogP) is -0.298. The van der Waals surface area contributed by atoms with Crippen LogP contribution in [0.3, 0.4) is 0 Å². The fourth-order valence-electron chi connectivity index (χ4n) is 0.121. The van der Waals surface area contributed by atoms with Crippen LogP contribution in [0.5, 0.6) is 0 Å². The van der Waals surface area contributed by atoms with Gasteiger partial charge in [0.1, 0.15) is 13.2 Å². The van der Waals surface area contributed by atoms with Gasteiger partial charge in [0.2, 0.25) is 0 Å². The molecule has 3 nitrogen and oxygen atoms in total. The molecule has 0 saturated carbocycles. The van der Waals surface area contributed by atoms with E-state index in [1.807, 2.05) is 0 Å². The second kappa shape index (κ2) is 2.58. The zero-order valence-corrected chi connectivity index (χ0v) is 4.05. The monoisotopic (exact) mass is 103 g/mol. The van der Waals surface area contributed by atoms with E-state index in [0.717, 1.165) is 0 Å². The average molecular weight is 103 g/mol. The lowest BCUT2D eigenvalue weighted by atomic mass is 10.4. The molecule has 0 amide bonds. The SMILES string of the molecule is [CH2]OC(=O)C(C)O. The predicted molar refractivity (Wildman–Crippen MR) is 23.1 cm³/mol. The van der Waals surface area contributed by atoms with Crippen LogP contribution < -0.4 is 0 Å². The van der Waals surface area contributed by atoms with Crippen LogP contribution in [0.15, 0.2) is 0 Å². The molecule has 0 rings (SSSR count). The molecule has 7 heavy (non-hydrogen) atoms. The Morgan fingerprint density at radius 1 is 2.00 bits per heavy atom. The Morgan fingerprint density at radius 3 is 2.43 bits per heavy atom. The highest BCUT2D eigenvalue weighted by atomic mass is 16.5. The van der Waals surface area contributed by atoms with Crippen molar-refractivity contribution in [1.29, 1.82) is 0 Å². The molecule has 0 aromatic carbocycles. The van der Waals surface area contributed by atoms with E-state index in [1.165, 1.54) is 6.92 Å². The highest BCUT2D eigenvalue weighted by molar-refractivity contribution is 5.73. The van der Waals surface area contributed by atoms with Gasteiger partial charge in [-0.3, -0.25) is 0 Å². The maximum absolute atomic E-state index is 9.98. The number of carbonyl (C=O) groups excluding carboxylic acids is 1. The van der Waals surface area contributed by atoms with E-state index in [1.54, 1.807) is 0 Å². The first-order valence-electron chi connectivity index (χ1n) is 1.82. The summed E-state index contributed by atoms with van der Waals surface area (Å²) < 4.78 is 3.87. The Labute approximate surface area is 41.9 Å². The molecule has 0 heterocycles. The molecule has 0 saturated heterocycles. The number of hydrogen-bond donors (Lipinski definition) is 1. The number of esters is 1. The van der Waals surface area contributed by atoms with Gasteiger partial charge in [-0.05, 0) is 6.92 Å². The van der Waals surface area contributed by atoms with E-state index in [9.17, 15) is 4.79 Å². The molecule has 0 fully saturated rings. The summed E-state index contributed by atoms with van der Waals surface area (Å²) in [5, 5.41) is 8.31. The van der Waals surface area contributed by atoms with Gasteiger partial charge >= 0.3 is 5.97 Å². The van der Waals surface area contributed by atoms with E-state index in [-0.39, 0.29) is 0 Å². The lowest BCUT2D eigenvalue weighted by Crippen LogP contribution is -2.16. The van der Waals surface area contributed by atoms with Crippen LogP contribution in [0, 0.1) is 7.11 Å². The molecule has 0 aliphatic carbocycles. The van der Waals surface area contributed by atoms with Gasteiger partial charge in [0.15, 0.2) is 0 Å². The zero-order valence-electron chi connectivity index (χ0n) is 4.05. The summed E-state index contributed by atoms with van der Waals surface area (Å²) in [6.07, 6.45) is -1.06. The summed E-state index contributed by atoms with van der Waals surface area (Å²) >= 11 is 0. The van der Waals surface area contributed by atoms with Crippen LogP contribution in [-0.4, -0.2) is 17.2 Å². The molecule has 1 N–H and O–H groups in total. The van der Waals surface area contributed by atoms with E-state index in [0.29, 0.717) is 0 Å². The Hall–Kier alpha value is -0.570. The third-order valence-electron chi connectivity index (χ3n) is 0.483. The van der Waals surface area contributed by atoms with Crippen molar-refractivity contribution < 1.29 is 14.6 Å². The number of carbonyl (C=O) groups is 1. The number of hydrogen-bond acceptors (Lipinski definition) is 3. The van der Waals surface area contributed by atoms with Gasteiger partial charge in [0.25, 0.3) is 0 Å². The van der Waals surface area contributed by atoms with Crippen LogP contribution in [0.4, 0.5) is 0 Å². The van der Waals surface area contributed by atoms with Crippen molar-refractivity contribution >= 4 is 5.97 Å². The van der Waals surface area contributed by atoms with Crippen molar-refractivity contribution in [3.63, 3.8) is 0 Å². The summed E-state index contributed by atoms with van der Waals surface area (Å²) in [5.41, 5.74) is 0. The fourth-order valence-corrected chi connectivity index (χ4v) is 0.121. The van der Waals surface area contributed by atoms with Gasteiger partial charge < -0.3 is 9.84 Å². The zero-order chi connectivity index (χ0) is 5.86. The van der Waals surface area contributed by atoms with Crippen LogP contribution in [0.1, 0.15) is 6.92 Å². The second-order valence-corrected chi connectivity index (χ2v) is 1.14. The first-order valence-corrected chi connectivity index (χ1v) is 1.82. The molecule has 0 bridgehead atoms. The third kappa shape index (κ3) is 2.17. The standard InChI is InChI=1S/C4H7O3/c1-3(5)4(6)7-2/h3,5H,2H2,1H3. The Kier molecular flexibility index (Phi) is 2.37. The first-order chi connectivity index (χ1) is 3.18. The fraction of sp³-hybridized carbons (Fsp3) is 0.500. The van der Waals surface area contributed by atoms with Crippen LogP contribution >= 0.6 is 0 Å². The lowest BCUT2D eigenvalue weighted by Gasteiger charge is -1.96. The van der Waals surface area contributed by atoms with Gasteiger partial charge in [-0.2, -0.15) is 0 Å². The topological polar surface area (TPSA) is 46.5 Å². The van der Waals surface area contributed by atoms with Crippen molar-refractivity contribution in [2.45, 2.75) is 13.0 Å². The first kappa shape index (κ1) is 6.43. The van der Waals surface area contributed by atoms with Crippen molar-refractivity contribution in [1.82, 2.24) is 0 Å². The molecule has 0 aliphatic rings. The van der Waals surface area contributed by atoms with Crippen LogP contribution in [0.2, 0.25) is 0 Å². The molecule has 0 aliphatic heterocycles. The largest absolute Gasteiger partial charge is 0.460 e. The van der Waals surface area contributed by atoms with Gasteiger partial charge in [-0.15, -0.1) is 0 Å². The van der Waals surface area contributed by atoms with Crippen molar-refractivity contribution in [2.75, 3.05) is 0 Å². The second-order valence-electron chi connectivity index (χ2n) is 1.14. The van der Waals surface area contributed by atoms with E-state index in [2.05, 4.69) is 11.8 Å². The highest BCUT2D eigenvalue weighted by Crippen LogP contribution is 1.81. The third-order valence-corrected chi connectivity index (χ3v) is 0.483. The Morgan fingerprint density at radius 2 is 2.43 bits per heavy atom. The minimum Gasteiger partial charge on any atom is -0.460 e. The minimum absolute atomic E-state index is 0.708. The molecule has 3 heteroatoms. The Bertz CT molecular complexity index is 67.3. The normalized spacial score (nSPS) is 13.0. The van der Waals surface area contributed by atoms with Gasteiger partial charge in [0, 0.05) is 0 Å². The number of ether oxygens (including phenoxy) is 1. The summed E-state index contributed by atoms with van der Waals surface area (Å²) in [5.74, 6) is -0.708. The van der Waals surface area contributed by atoms with Gasteiger partial charge in [-0.1, -0.05) is 0 Å². The molecule has 0 spiro atoms. The van der Waals surface area contributed by atoms with Gasteiger partial charge in [0.05, 0.1) is 0 Å². The van der Waals surface area contributed by atoms with Crippen LogP contribution in [-0.2, 0) is 9.53 Å². The van der Waals surface area contributed by atoms with E-state index < -0.39 is 12.1 Å². The molecule has 1 radical (unpaired) electrons. The average Bonchev–Trinajstić information content (AvgIpc) is 1.65. The lowest BCUT2D eigenvalue weighted by molar-refractivity contribution is -0.147. The molecule has 1 atom stereocenters. The molecular weight excluding hydrogens is 96.0 g/mol. The van der Waals surface area contributed by atoms with E-state index in [4.69, 9.17) is 5.11 Å². The maximum Gasteiger partial charge on any atom is 0.334 e. The highest BCUT2D eigenvalue weighted by Gasteiger charge is 2.05. The maximum atomic E-state index is 9.98. The quantitative estimate of drug-likeness (QED) is 0.463. The summed E-state index contributed by atoms with van der Waals surface area (Å²) in [6, 6.07) is 0. The molecular formula is C4H7O3. The van der Waals surface area contributed by atoms with E-state index >= 15 is 0 Å². The molecule has 0 aromatic heterocycles. The number of aliphatic hydroxyl groups excluding tert-OH is 1. The van der Waals surface area contributed by atoms with Gasteiger partial charge in [-0.25, -0.2) is 4.79 Å². The smallest absolute Gasteiger partial charge is 0.334 e. The summed E-state index contributed by atoms with van der Waals surface area (Å²) in [4.78, 5) is 9.98. The van der Waals surface area contributed by atoms with Crippen molar-refractivity contribution in [3.8, 4) is 0 Å². The number of aliphatic hydroxyl groups is 1. The van der Waals surface area contributed by atoms with Crippen molar-refractivity contribution in [3.05, 3.63) is 7.11 Å². The molecule has 1 unspecified atom stereocenters. The minimum atomic E-state index is -1.06. The molecule has 0 aromatic rings. The van der Waals surface area contributed by atoms with Crippen LogP contribution in [0.25, 0.3) is 0 Å². The number of rotatable bonds is 1. The Balaban J connectivity index is 3.35.